The number of aromatic nitrogens is 1. The predicted octanol–water partition coefficient (Wildman–Crippen LogP) is 5.72. The predicted molar refractivity (Wildman–Crippen MR) is 123 cm³/mol. The maximum absolute atomic E-state index is 12.6. The molecule has 146 valence electrons. The molecule has 2 aromatic carbocycles. The van der Waals surface area contributed by atoms with Crippen LogP contribution in [0.5, 0.6) is 0 Å². The molecule has 0 spiro atoms. The summed E-state index contributed by atoms with van der Waals surface area (Å²) in [5.74, 6) is 2.64. The van der Waals surface area contributed by atoms with E-state index in [1.54, 1.807) is 23.1 Å². The monoisotopic (exact) mass is 428 g/mol. The zero-order valence-electron chi connectivity index (χ0n) is 16.1. The van der Waals surface area contributed by atoms with Gasteiger partial charge in [-0.25, -0.2) is 4.98 Å². The van der Waals surface area contributed by atoms with Crippen molar-refractivity contribution in [1.82, 2.24) is 10.3 Å². The number of nitrogens with one attached hydrogen (secondary N) is 1. The third-order valence-electron chi connectivity index (χ3n) is 4.10. The van der Waals surface area contributed by atoms with Crippen LogP contribution in [0.4, 0.5) is 0 Å². The lowest BCUT2D eigenvalue weighted by molar-refractivity contribution is 0.0953. The number of carbonyl (C=O) groups is 1. The number of aryl methyl sites for hydroxylation is 2. The van der Waals surface area contributed by atoms with E-state index in [-0.39, 0.29) is 5.91 Å². The zero-order valence-corrected chi connectivity index (χ0v) is 18.6. The first-order chi connectivity index (χ1) is 13.6. The van der Waals surface area contributed by atoms with Crippen molar-refractivity contribution >= 4 is 40.8 Å². The molecule has 3 nitrogen and oxygen atoms in total. The highest BCUT2D eigenvalue weighted by Crippen LogP contribution is 2.26. The van der Waals surface area contributed by atoms with Crippen molar-refractivity contribution in [3.8, 4) is 0 Å². The van der Waals surface area contributed by atoms with Gasteiger partial charge in [0.05, 0.1) is 16.3 Å². The van der Waals surface area contributed by atoms with Gasteiger partial charge in [-0.1, -0.05) is 42.0 Å². The Morgan fingerprint density at radius 2 is 1.86 bits per heavy atom. The quantitative estimate of drug-likeness (QED) is 0.350. The van der Waals surface area contributed by atoms with Gasteiger partial charge in [-0.3, -0.25) is 4.79 Å². The van der Waals surface area contributed by atoms with Crippen LogP contribution in [0.15, 0.2) is 58.8 Å². The highest BCUT2D eigenvalue weighted by molar-refractivity contribution is 7.98. The smallest absolute Gasteiger partial charge is 0.252 e. The molecule has 0 fully saturated rings. The Morgan fingerprint density at radius 3 is 2.61 bits per heavy atom. The molecular weight excluding hydrogens is 404 g/mol. The zero-order chi connectivity index (χ0) is 19.8. The van der Waals surface area contributed by atoms with Gasteiger partial charge in [0.25, 0.3) is 5.91 Å². The Balaban J connectivity index is 1.45. The van der Waals surface area contributed by atoms with E-state index in [0.717, 1.165) is 38.4 Å². The SMILES string of the molecule is Cc1ccc(CSCCNC(=O)c2ccccc2SCc2csc(C)n2)cc1. The number of hydrogen-bond donors (Lipinski definition) is 1. The van der Waals surface area contributed by atoms with E-state index in [2.05, 4.69) is 46.9 Å². The van der Waals surface area contributed by atoms with Gasteiger partial charge in [-0.05, 0) is 31.5 Å². The van der Waals surface area contributed by atoms with E-state index in [1.165, 1.54) is 11.1 Å². The highest BCUT2D eigenvalue weighted by Gasteiger charge is 2.11. The standard InChI is InChI=1S/C22H24N2OS3/c1-16-7-9-18(10-8-16)13-26-12-11-23-22(25)20-5-3-4-6-21(20)28-15-19-14-27-17(2)24-19/h3-10,14H,11-13,15H2,1-2H3,(H,23,25). The molecule has 0 aliphatic rings. The number of carbonyl (C=O) groups excluding carboxylic acids is 1. The summed E-state index contributed by atoms with van der Waals surface area (Å²) in [5, 5.41) is 6.20. The molecule has 0 saturated heterocycles. The number of hydrogen-bond acceptors (Lipinski definition) is 5. The van der Waals surface area contributed by atoms with Crippen LogP contribution in [-0.4, -0.2) is 23.2 Å². The molecule has 0 aliphatic carbocycles. The summed E-state index contributed by atoms with van der Waals surface area (Å²) in [4.78, 5) is 18.1. The number of benzene rings is 2. The van der Waals surface area contributed by atoms with Crippen molar-refractivity contribution in [2.45, 2.75) is 30.2 Å². The van der Waals surface area contributed by atoms with Crippen LogP contribution in [0, 0.1) is 13.8 Å². The average molecular weight is 429 g/mol. The van der Waals surface area contributed by atoms with Crippen LogP contribution < -0.4 is 5.32 Å². The molecule has 1 amide bonds. The minimum atomic E-state index is -0.00602. The molecule has 3 rings (SSSR count). The van der Waals surface area contributed by atoms with Crippen LogP contribution in [0.25, 0.3) is 0 Å². The molecule has 0 bridgehead atoms. The van der Waals surface area contributed by atoms with Gasteiger partial charge in [0.1, 0.15) is 0 Å². The highest BCUT2D eigenvalue weighted by atomic mass is 32.2. The maximum atomic E-state index is 12.6. The van der Waals surface area contributed by atoms with Crippen molar-refractivity contribution in [2.75, 3.05) is 12.3 Å². The number of rotatable bonds is 9. The van der Waals surface area contributed by atoms with Gasteiger partial charge in [0, 0.05) is 34.1 Å². The third kappa shape index (κ3) is 6.40. The van der Waals surface area contributed by atoms with E-state index in [0.29, 0.717) is 6.54 Å². The average Bonchev–Trinajstić information content (AvgIpc) is 3.13. The van der Waals surface area contributed by atoms with Crippen LogP contribution in [0.1, 0.15) is 32.2 Å². The molecule has 0 atom stereocenters. The summed E-state index contributed by atoms with van der Waals surface area (Å²) < 4.78 is 0. The first-order valence-electron chi connectivity index (χ1n) is 9.16. The van der Waals surface area contributed by atoms with Crippen molar-refractivity contribution < 1.29 is 4.79 Å². The first-order valence-corrected chi connectivity index (χ1v) is 12.2. The molecule has 0 aliphatic heterocycles. The Kier molecular flexibility index (Phi) is 8.01. The lowest BCUT2D eigenvalue weighted by Gasteiger charge is -2.09. The number of nitrogens with zero attached hydrogens (tertiary/aromatic N) is 1. The molecule has 1 aromatic heterocycles. The molecule has 28 heavy (non-hydrogen) atoms. The summed E-state index contributed by atoms with van der Waals surface area (Å²) in [6.45, 7) is 4.78. The Morgan fingerprint density at radius 1 is 1.07 bits per heavy atom. The molecule has 3 aromatic rings. The minimum absolute atomic E-state index is 0.00602. The number of thioether (sulfide) groups is 2. The van der Waals surface area contributed by atoms with Gasteiger partial charge >= 0.3 is 0 Å². The largest absolute Gasteiger partial charge is 0.351 e. The fraction of sp³-hybridized carbons (Fsp3) is 0.273. The third-order valence-corrected chi connectivity index (χ3v) is 7.05. The van der Waals surface area contributed by atoms with Crippen LogP contribution >= 0.6 is 34.9 Å². The second-order valence-electron chi connectivity index (χ2n) is 6.44. The van der Waals surface area contributed by atoms with E-state index >= 15 is 0 Å². The fourth-order valence-electron chi connectivity index (χ4n) is 2.61. The van der Waals surface area contributed by atoms with E-state index < -0.39 is 0 Å². The van der Waals surface area contributed by atoms with Gasteiger partial charge in [-0.2, -0.15) is 11.8 Å². The fourth-order valence-corrected chi connectivity index (χ4v) is 5.09. The molecular formula is C22H24N2OS3. The second-order valence-corrected chi connectivity index (χ2v) is 9.62. The summed E-state index contributed by atoms with van der Waals surface area (Å²) in [6.07, 6.45) is 0. The van der Waals surface area contributed by atoms with Crippen LogP contribution in [0.3, 0.4) is 0 Å². The molecule has 0 unspecified atom stereocenters. The number of thiazole rings is 1. The van der Waals surface area contributed by atoms with Gasteiger partial charge in [-0.15, -0.1) is 23.1 Å². The van der Waals surface area contributed by atoms with Crippen LogP contribution in [-0.2, 0) is 11.5 Å². The molecule has 0 saturated carbocycles. The first kappa shape index (κ1) is 21.0. The Labute approximate surface area is 179 Å². The van der Waals surface area contributed by atoms with Gasteiger partial charge < -0.3 is 5.32 Å². The van der Waals surface area contributed by atoms with Crippen molar-refractivity contribution in [1.29, 1.82) is 0 Å². The van der Waals surface area contributed by atoms with Crippen LogP contribution in [0.2, 0.25) is 0 Å². The normalized spacial score (nSPS) is 10.8. The Hall–Kier alpha value is -1.76. The van der Waals surface area contributed by atoms with E-state index in [1.807, 2.05) is 43.0 Å². The second kappa shape index (κ2) is 10.7. The van der Waals surface area contributed by atoms with Crippen molar-refractivity contribution in [2.24, 2.45) is 0 Å². The van der Waals surface area contributed by atoms with Crippen molar-refractivity contribution in [3.63, 3.8) is 0 Å². The summed E-state index contributed by atoms with van der Waals surface area (Å²) >= 11 is 5.16. The summed E-state index contributed by atoms with van der Waals surface area (Å²) in [5.41, 5.74) is 4.40. The number of amides is 1. The topological polar surface area (TPSA) is 42.0 Å². The lowest BCUT2D eigenvalue weighted by Crippen LogP contribution is -2.26. The minimum Gasteiger partial charge on any atom is -0.351 e. The van der Waals surface area contributed by atoms with Gasteiger partial charge in [0.2, 0.25) is 0 Å². The van der Waals surface area contributed by atoms with Gasteiger partial charge in [0.15, 0.2) is 0 Å². The molecule has 0 radical (unpaired) electrons. The molecule has 1 N–H and O–H groups in total. The maximum Gasteiger partial charge on any atom is 0.252 e. The lowest BCUT2D eigenvalue weighted by atomic mass is 10.2. The van der Waals surface area contributed by atoms with E-state index in [4.69, 9.17) is 0 Å². The summed E-state index contributed by atoms with van der Waals surface area (Å²) in [6, 6.07) is 16.4. The van der Waals surface area contributed by atoms with Crippen molar-refractivity contribution in [3.05, 3.63) is 81.3 Å². The molecule has 1 heterocycles. The Bertz CT molecular complexity index is 906. The molecule has 6 heteroatoms. The summed E-state index contributed by atoms with van der Waals surface area (Å²) in [7, 11) is 0. The van der Waals surface area contributed by atoms with E-state index in [9.17, 15) is 4.79 Å².